The van der Waals surface area contributed by atoms with Crippen LogP contribution in [0.15, 0.2) is 23.4 Å². The lowest BCUT2D eigenvalue weighted by Crippen LogP contribution is -2.24. The number of amides is 1. The molecule has 0 atom stereocenters. The fourth-order valence-corrected chi connectivity index (χ4v) is 1.54. The average Bonchev–Trinajstić information content (AvgIpc) is 2.40. The van der Waals surface area contributed by atoms with E-state index in [1.807, 2.05) is 0 Å². The maximum Gasteiger partial charge on any atom is 0.251 e. The normalized spacial score (nSPS) is 11.4. The minimum absolute atomic E-state index is 0.0182. The SMILES string of the molecule is N/C(CCCCNC(=O)c1ccc(Cl)c(F)c1)=N/O. The molecule has 0 heterocycles. The van der Waals surface area contributed by atoms with Gasteiger partial charge < -0.3 is 16.3 Å². The fourth-order valence-electron chi connectivity index (χ4n) is 1.42. The number of carbonyl (C=O) groups is 1. The minimum Gasteiger partial charge on any atom is -0.409 e. The van der Waals surface area contributed by atoms with Crippen molar-refractivity contribution in [3.05, 3.63) is 34.6 Å². The predicted octanol–water partition coefficient (Wildman–Crippen LogP) is 2.13. The van der Waals surface area contributed by atoms with Crippen molar-refractivity contribution in [2.24, 2.45) is 10.9 Å². The van der Waals surface area contributed by atoms with Crippen molar-refractivity contribution in [2.45, 2.75) is 19.3 Å². The van der Waals surface area contributed by atoms with Gasteiger partial charge in [-0.3, -0.25) is 4.79 Å². The molecule has 0 aliphatic carbocycles. The highest BCUT2D eigenvalue weighted by Crippen LogP contribution is 2.15. The van der Waals surface area contributed by atoms with Crippen LogP contribution in [0.3, 0.4) is 0 Å². The van der Waals surface area contributed by atoms with Crippen molar-refractivity contribution >= 4 is 23.3 Å². The van der Waals surface area contributed by atoms with Crippen LogP contribution < -0.4 is 11.1 Å². The van der Waals surface area contributed by atoms with Gasteiger partial charge in [0.05, 0.1) is 5.02 Å². The first-order valence-electron chi connectivity index (χ1n) is 5.74. The van der Waals surface area contributed by atoms with Gasteiger partial charge in [-0.2, -0.15) is 0 Å². The Hall–Kier alpha value is -1.82. The Bertz CT molecular complexity index is 480. The van der Waals surface area contributed by atoms with E-state index in [1.54, 1.807) is 0 Å². The number of nitrogens with two attached hydrogens (primary N) is 1. The number of carbonyl (C=O) groups excluding carboxylic acids is 1. The third-order valence-corrected chi connectivity index (χ3v) is 2.76. The van der Waals surface area contributed by atoms with Crippen LogP contribution in [0.2, 0.25) is 5.02 Å². The largest absolute Gasteiger partial charge is 0.409 e. The number of hydrogen-bond acceptors (Lipinski definition) is 3. The molecule has 0 saturated carbocycles. The van der Waals surface area contributed by atoms with Crippen LogP contribution in [-0.4, -0.2) is 23.5 Å². The first kappa shape index (κ1) is 15.2. The summed E-state index contributed by atoms with van der Waals surface area (Å²) in [5.74, 6) is -0.827. The lowest BCUT2D eigenvalue weighted by Gasteiger charge is -2.05. The second kappa shape index (κ2) is 7.58. The Morgan fingerprint density at radius 3 is 2.84 bits per heavy atom. The van der Waals surface area contributed by atoms with E-state index < -0.39 is 5.82 Å². The number of unbranched alkanes of at least 4 members (excludes halogenated alkanes) is 1. The van der Waals surface area contributed by atoms with Crippen molar-refractivity contribution in [2.75, 3.05) is 6.54 Å². The summed E-state index contributed by atoms with van der Waals surface area (Å²) >= 11 is 5.52. The molecule has 0 spiro atoms. The first-order chi connectivity index (χ1) is 9.04. The Kier molecular flexibility index (Phi) is 6.08. The van der Waals surface area contributed by atoms with E-state index >= 15 is 0 Å². The molecule has 0 aliphatic rings. The molecule has 7 heteroatoms. The molecule has 1 aromatic carbocycles. The Labute approximate surface area is 115 Å². The number of benzene rings is 1. The summed E-state index contributed by atoms with van der Waals surface area (Å²) in [5, 5.41) is 13.8. The topological polar surface area (TPSA) is 87.7 Å². The van der Waals surface area contributed by atoms with Gasteiger partial charge in [0.25, 0.3) is 5.91 Å². The van der Waals surface area contributed by atoms with Gasteiger partial charge in [0.1, 0.15) is 11.7 Å². The molecule has 1 rings (SSSR count). The summed E-state index contributed by atoms with van der Waals surface area (Å²) in [4.78, 5) is 11.7. The van der Waals surface area contributed by atoms with Crippen LogP contribution in [0, 0.1) is 5.82 Å². The summed E-state index contributed by atoms with van der Waals surface area (Å²) in [6.07, 6.45) is 1.82. The number of halogens is 2. The van der Waals surface area contributed by atoms with Crippen molar-refractivity contribution in [3.8, 4) is 0 Å². The van der Waals surface area contributed by atoms with E-state index in [0.29, 0.717) is 25.8 Å². The Morgan fingerprint density at radius 2 is 2.21 bits per heavy atom. The summed E-state index contributed by atoms with van der Waals surface area (Å²) in [6, 6.07) is 3.88. The molecule has 4 N–H and O–H groups in total. The van der Waals surface area contributed by atoms with Crippen molar-refractivity contribution in [1.29, 1.82) is 0 Å². The number of hydrogen-bond donors (Lipinski definition) is 3. The number of nitrogens with zero attached hydrogens (tertiary/aromatic N) is 1. The number of oxime groups is 1. The zero-order valence-corrected chi connectivity index (χ0v) is 11.0. The standard InChI is InChI=1S/C12H15ClFN3O2/c13-9-5-4-8(7-10(9)14)12(18)16-6-2-1-3-11(15)17-19/h4-5,7,19H,1-3,6H2,(H2,15,17)(H,16,18). The van der Waals surface area contributed by atoms with Crippen molar-refractivity contribution < 1.29 is 14.4 Å². The zero-order chi connectivity index (χ0) is 14.3. The highest BCUT2D eigenvalue weighted by molar-refractivity contribution is 6.30. The van der Waals surface area contributed by atoms with E-state index in [9.17, 15) is 9.18 Å². The van der Waals surface area contributed by atoms with E-state index in [-0.39, 0.29) is 22.3 Å². The molecule has 1 amide bonds. The molecule has 0 radical (unpaired) electrons. The fraction of sp³-hybridized carbons (Fsp3) is 0.333. The lowest BCUT2D eigenvalue weighted by atomic mass is 10.2. The van der Waals surface area contributed by atoms with Gasteiger partial charge in [-0.05, 0) is 31.0 Å². The van der Waals surface area contributed by atoms with Gasteiger partial charge in [0.2, 0.25) is 0 Å². The van der Waals surface area contributed by atoms with Gasteiger partial charge >= 0.3 is 0 Å². The molecule has 1 aromatic rings. The van der Waals surface area contributed by atoms with Crippen LogP contribution >= 0.6 is 11.6 Å². The number of amidine groups is 1. The van der Waals surface area contributed by atoms with E-state index in [1.165, 1.54) is 12.1 Å². The molecule has 104 valence electrons. The van der Waals surface area contributed by atoms with Gasteiger partial charge in [-0.25, -0.2) is 4.39 Å². The molecule has 0 aromatic heterocycles. The molecule has 0 aliphatic heterocycles. The molecule has 19 heavy (non-hydrogen) atoms. The maximum atomic E-state index is 13.1. The van der Waals surface area contributed by atoms with Crippen LogP contribution in [0.1, 0.15) is 29.6 Å². The molecule has 0 saturated heterocycles. The van der Waals surface area contributed by atoms with Crippen molar-refractivity contribution in [3.63, 3.8) is 0 Å². The monoisotopic (exact) mass is 287 g/mol. The molecular weight excluding hydrogens is 273 g/mol. The lowest BCUT2D eigenvalue weighted by molar-refractivity contribution is 0.0952. The molecule has 0 bridgehead atoms. The highest BCUT2D eigenvalue weighted by atomic mass is 35.5. The van der Waals surface area contributed by atoms with E-state index in [2.05, 4.69) is 10.5 Å². The second-order valence-corrected chi connectivity index (χ2v) is 4.34. The number of rotatable bonds is 6. The van der Waals surface area contributed by atoms with Gasteiger partial charge in [0, 0.05) is 18.5 Å². The first-order valence-corrected chi connectivity index (χ1v) is 6.12. The van der Waals surface area contributed by atoms with Crippen LogP contribution in [0.25, 0.3) is 0 Å². The smallest absolute Gasteiger partial charge is 0.251 e. The van der Waals surface area contributed by atoms with E-state index in [0.717, 1.165) is 6.07 Å². The summed E-state index contributed by atoms with van der Waals surface area (Å²) in [6.45, 7) is 0.432. The maximum absolute atomic E-state index is 13.1. The third-order valence-electron chi connectivity index (χ3n) is 2.46. The quantitative estimate of drug-likeness (QED) is 0.246. The van der Waals surface area contributed by atoms with Crippen LogP contribution in [0.4, 0.5) is 4.39 Å². The highest BCUT2D eigenvalue weighted by Gasteiger charge is 2.08. The minimum atomic E-state index is -0.624. The predicted molar refractivity (Wildman–Crippen MR) is 71.0 cm³/mol. The molecular formula is C12H15ClFN3O2. The summed E-state index contributed by atoms with van der Waals surface area (Å²) < 4.78 is 13.1. The van der Waals surface area contributed by atoms with Crippen LogP contribution in [-0.2, 0) is 0 Å². The number of nitrogens with one attached hydrogen (secondary N) is 1. The van der Waals surface area contributed by atoms with Crippen LogP contribution in [0.5, 0.6) is 0 Å². The second-order valence-electron chi connectivity index (χ2n) is 3.93. The van der Waals surface area contributed by atoms with Gasteiger partial charge in [-0.1, -0.05) is 16.8 Å². The van der Waals surface area contributed by atoms with Gasteiger partial charge in [-0.15, -0.1) is 0 Å². The molecule has 5 nitrogen and oxygen atoms in total. The zero-order valence-electron chi connectivity index (χ0n) is 10.2. The van der Waals surface area contributed by atoms with Gasteiger partial charge in [0.15, 0.2) is 0 Å². The molecule has 0 unspecified atom stereocenters. The summed E-state index contributed by atoms with van der Waals surface area (Å²) in [5.41, 5.74) is 5.52. The Morgan fingerprint density at radius 1 is 1.47 bits per heavy atom. The molecule has 0 fully saturated rings. The third kappa shape index (κ3) is 5.13. The Balaban J connectivity index is 2.33. The van der Waals surface area contributed by atoms with Crippen molar-refractivity contribution in [1.82, 2.24) is 5.32 Å². The summed E-state index contributed by atoms with van der Waals surface area (Å²) in [7, 11) is 0. The average molecular weight is 288 g/mol. The van der Waals surface area contributed by atoms with E-state index in [4.69, 9.17) is 22.5 Å².